The van der Waals surface area contributed by atoms with Gasteiger partial charge in [-0.2, -0.15) is 20.3 Å². The molecule has 2 N–H and O–H groups in total. The molecule has 0 aromatic heterocycles. The first-order valence-corrected chi connectivity index (χ1v) is 36.9. The molecule has 550 valence electrons. The zero-order valence-electron chi connectivity index (χ0n) is 64.7. The molecule has 0 aliphatic carbocycles. The standard InChI is InChI=1S/C74H142N8O12/c1-63(2)33-53(35-73(21)77(63)47-61(93-73)51-91-59-41-69(13,14)81(87-25)70(15,16)42-59)75(45-55(83)49-89-57-37-65(5,6)79(85-23)66(7,8)38-57)31-29-27-28-30-32-76(46-56(84)50-90-58-39-67(9,10)80(86-24)68(11,12)40-58)54-34-64(3,4)78-48-62(94-74(78,22)36-54)52-92-60-43-71(17,18)82(88-26)72(19,20)44-60/h53-62,83-84H,27-52H2,1-26H3. The van der Waals surface area contributed by atoms with E-state index in [-0.39, 0.29) is 117 Å². The maximum Gasteiger partial charge on any atom is 0.121 e. The van der Waals surface area contributed by atoms with E-state index in [0.29, 0.717) is 26.3 Å². The maximum atomic E-state index is 12.2. The van der Waals surface area contributed by atoms with Gasteiger partial charge in [-0.3, -0.25) is 19.6 Å². The van der Waals surface area contributed by atoms with E-state index in [9.17, 15) is 10.2 Å². The summed E-state index contributed by atoms with van der Waals surface area (Å²) in [4.78, 5) is 34.1. The molecule has 94 heavy (non-hydrogen) atoms. The fourth-order valence-corrected chi connectivity index (χ4v) is 21.5. The average molecular weight is 1340 g/mol. The number of hydroxylamine groups is 8. The summed E-state index contributed by atoms with van der Waals surface area (Å²) in [6.07, 6.45) is 13.3. The fourth-order valence-electron chi connectivity index (χ4n) is 21.5. The summed E-state index contributed by atoms with van der Waals surface area (Å²) >= 11 is 0. The summed E-state index contributed by atoms with van der Waals surface area (Å²) in [7, 11) is 7.09. The van der Waals surface area contributed by atoms with Gasteiger partial charge in [0.15, 0.2) is 0 Å². The summed E-state index contributed by atoms with van der Waals surface area (Å²) in [6.45, 7) is 56.0. The zero-order valence-corrected chi connectivity index (χ0v) is 64.7. The Morgan fingerprint density at radius 1 is 0.351 bits per heavy atom. The lowest BCUT2D eigenvalue weighted by Crippen LogP contribution is -2.63. The fraction of sp³-hybridized carbons (Fsp3) is 1.00. The number of unbranched alkanes of at least 4 members (excludes halogenated alkanes) is 3. The van der Waals surface area contributed by atoms with Crippen LogP contribution in [-0.4, -0.2) is 272 Å². The molecule has 8 saturated heterocycles. The van der Waals surface area contributed by atoms with Gasteiger partial charge in [-0.1, -0.05) is 12.8 Å². The molecule has 0 radical (unpaired) electrons. The van der Waals surface area contributed by atoms with Crippen molar-refractivity contribution in [3.63, 3.8) is 0 Å². The van der Waals surface area contributed by atoms with Crippen LogP contribution in [0.5, 0.6) is 0 Å². The summed E-state index contributed by atoms with van der Waals surface area (Å²) in [5.74, 6) is 0. The minimum Gasteiger partial charge on any atom is -0.389 e. The van der Waals surface area contributed by atoms with E-state index in [4.69, 9.17) is 47.8 Å². The highest BCUT2D eigenvalue weighted by Crippen LogP contribution is 2.50. The van der Waals surface area contributed by atoms with Crippen molar-refractivity contribution in [1.29, 1.82) is 0 Å². The first kappa shape index (κ1) is 78.9. The van der Waals surface area contributed by atoms with Crippen LogP contribution < -0.4 is 0 Å². The van der Waals surface area contributed by atoms with Gasteiger partial charge in [0, 0.05) is 106 Å². The Morgan fingerprint density at radius 3 is 0.862 bits per heavy atom. The van der Waals surface area contributed by atoms with E-state index in [0.717, 1.165) is 129 Å². The SMILES string of the molecule is CON1C(C)(C)CC(OCC(O)CN(CCCCCCN(CC(O)COC2CC(C)(C)N(OC)C(C)(C)C2)C2CC(C)(C)N3CC(COC4CC(C)(C)N(OC)C(C)(C)C4)OC3(C)C2)C2CC(C)(C)N3CC(COC4CC(C)(C)N(OC)C(C)(C)C4)OC3(C)C2)CC1(C)C. The predicted octanol–water partition coefficient (Wildman–Crippen LogP) is 11.0. The lowest BCUT2D eigenvalue weighted by Gasteiger charge is -2.54. The molecule has 0 saturated carbocycles. The van der Waals surface area contributed by atoms with Crippen molar-refractivity contribution in [1.82, 2.24) is 39.9 Å². The third-order valence-electron chi connectivity index (χ3n) is 23.5. The van der Waals surface area contributed by atoms with Crippen molar-refractivity contribution >= 4 is 0 Å². The zero-order chi connectivity index (χ0) is 69.8. The molecule has 8 aliphatic rings. The molecule has 0 aromatic rings. The molecule has 8 unspecified atom stereocenters. The van der Waals surface area contributed by atoms with Crippen molar-refractivity contribution < 1.29 is 58.0 Å². The second kappa shape index (κ2) is 29.5. The predicted molar refractivity (Wildman–Crippen MR) is 372 cm³/mol. The molecule has 20 nitrogen and oxygen atoms in total. The molecule has 0 aromatic carbocycles. The van der Waals surface area contributed by atoms with Crippen LogP contribution in [0.4, 0.5) is 0 Å². The number of rotatable bonds is 29. The maximum absolute atomic E-state index is 12.2. The second-order valence-corrected chi connectivity index (χ2v) is 37.4. The van der Waals surface area contributed by atoms with Crippen LogP contribution in [0, 0.1) is 0 Å². The topological polar surface area (TPSA) is 159 Å². The molecule has 8 aliphatic heterocycles. The number of ether oxygens (including phenoxy) is 6. The number of fused-ring (bicyclic) bond motifs is 2. The van der Waals surface area contributed by atoms with E-state index in [2.05, 4.69) is 192 Å². The van der Waals surface area contributed by atoms with Crippen molar-refractivity contribution in [2.45, 2.75) is 383 Å². The van der Waals surface area contributed by atoms with Crippen molar-refractivity contribution in [3.05, 3.63) is 0 Å². The van der Waals surface area contributed by atoms with Gasteiger partial charge in [0.1, 0.15) is 11.4 Å². The lowest BCUT2D eigenvalue weighted by atomic mass is 9.80. The molecule has 20 heteroatoms. The Morgan fingerprint density at radius 2 is 0.606 bits per heavy atom. The van der Waals surface area contributed by atoms with E-state index >= 15 is 0 Å². The third kappa shape index (κ3) is 18.1. The Labute approximate surface area is 572 Å². The second-order valence-electron chi connectivity index (χ2n) is 37.4. The van der Waals surface area contributed by atoms with Gasteiger partial charge < -0.3 is 58.0 Å². The number of hydrogen-bond donors (Lipinski definition) is 2. The number of aliphatic hydroxyl groups is 2. The van der Waals surface area contributed by atoms with E-state index < -0.39 is 23.7 Å². The molecule has 8 atom stereocenters. The minimum atomic E-state index is -0.659. The monoisotopic (exact) mass is 1340 g/mol. The molecular formula is C74H142N8O12. The number of nitrogens with zero attached hydrogens (tertiary/aromatic N) is 8. The molecule has 0 amide bonds. The van der Waals surface area contributed by atoms with Gasteiger partial charge in [-0.15, -0.1) is 0 Å². The van der Waals surface area contributed by atoms with Gasteiger partial charge in [-0.05, 0) is 242 Å². The molecule has 8 heterocycles. The molecule has 8 fully saturated rings. The summed E-state index contributed by atoms with van der Waals surface area (Å²) in [6, 6.07) is 0.371. The van der Waals surface area contributed by atoms with E-state index in [1.807, 2.05) is 0 Å². The molecule has 8 rings (SSSR count). The van der Waals surface area contributed by atoms with Gasteiger partial charge in [0.25, 0.3) is 0 Å². The van der Waals surface area contributed by atoms with Crippen LogP contribution in [0.2, 0.25) is 0 Å². The average Bonchev–Trinajstić information content (AvgIpc) is 1.56. The molecule has 0 spiro atoms. The Bertz CT molecular complexity index is 2190. The van der Waals surface area contributed by atoms with E-state index in [1.165, 1.54) is 0 Å². The van der Waals surface area contributed by atoms with Gasteiger partial charge in [-0.25, -0.2) is 0 Å². The van der Waals surface area contributed by atoms with E-state index in [1.54, 1.807) is 28.4 Å². The molecule has 0 bridgehead atoms. The number of aliphatic hydroxyl groups excluding tert-OH is 2. The van der Waals surface area contributed by atoms with Crippen molar-refractivity contribution in [2.75, 3.05) is 94.1 Å². The Hall–Kier alpha value is -0.800. The van der Waals surface area contributed by atoms with Crippen molar-refractivity contribution in [3.8, 4) is 0 Å². The quantitative estimate of drug-likeness (QED) is 0.0681. The van der Waals surface area contributed by atoms with Crippen LogP contribution in [0.25, 0.3) is 0 Å². The largest absolute Gasteiger partial charge is 0.389 e. The van der Waals surface area contributed by atoms with Gasteiger partial charge in [0.2, 0.25) is 0 Å². The van der Waals surface area contributed by atoms with Crippen LogP contribution in [0.1, 0.15) is 255 Å². The first-order chi connectivity index (χ1) is 43.3. The minimum absolute atomic E-state index is 0.00342. The van der Waals surface area contributed by atoms with Crippen LogP contribution in [0.15, 0.2) is 0 Å². The van der Waals surface area contributed by atoms with Gasteiger partial charge in [0.05, 0.1) is 104 Å². The summed E-state index contributed by atoms with van der Waals surface area (Å²) in [5, 5.41) is 32.8. The lowest BCUT2D eigenvalue weighted by molar-refractivity contribution is -0.281. The summed E-state index contributed by atoms with van der Waals surface area (Å²) in [5.41, 5.74) is -2.82. The first-order valence-electron chi connectivity index (χ1n) is 36.9. The highest BCUT2D eigenvalue weighted by atomic mass is 16.7. The third-order valence-corrected chi connectivity index (χ3v) is 23.5. The van der Waals surface area contributed by atoms with Crippen LogP contribution in [-0.2, 0) is 47.8 Å². The smallest absolute Gasteiger partial charge is 0.121 e. The van der Waals surface area contributed by atoms with Crippen LogP contribution in [0.3, 0.4) is 0 Å². The van der Waals surface area contributed by atoms with Gasteiger partial charge >= 0.3 is 0 Å². The highest BCUT2D eigenvalue weighted by Gasteiger charge is 2.58. The van der Waals surface area contributed by atoms with Crippen LogP contribution >= 0.6 is 0 Å². The Balaban J connectivity index is 0.938. The Kier molecular flexibility index (Phi) is 24.8. The number of piperidine rings is 6. The van der Waals surface area contributed by atoms with Crippen molar-refractivity contribution in [2.24, 2.45) is 0 Å². The molecular weight excluding hydrogens is 1190 g/mol. The highest BCUT2D eigenvalue weighted by molar-refractivity contribution is 5.08. The summed E-state index contributed by atoms with van der Waals surface area (Å²) < 4.78 is 41.5. The normalized spacial score (nSPS) is 33.9. The number of hydrogen-bond acceptors (Lipinski definition) is 20.